The average molecular weight is 439 g/mol. The van der Waals surface area contributed by atoms with Crippen molar-refractivity contribution in [1.29, 1.82) is 0 Å². The van der Waals surface area contributed by atoms with Gasteiger partial charge in [-0.15, -0.1) is 0 Å². The van der Waals surface area contributed by atoms with E-state index in [9.17, 15) is 4.79 Å². The van der Waals surface area contributed by atoms with Crippen LogP contribution in [-0.4, -0.2) is 50.6 Å². The molecule has 1 aliphatic rings. The van der Waals surface area contributed by atoms with E-state index < -0.39 is 0 Å². The Hall–Kier alpha value is -3.43. The predicted molar refractivity (Wildman–Crippen MR) is 115 cm³/mol. The van der Waals surface area contributed by atoms with Crippen LogP contribution in [0.1, 0.15) is 22.8 Å². The fraction of sp³-hybridized carbons (Fsp3) is 0.238. The van der Waals surface area contributed by atoms with Gasteiger partial charge in [-0.25, -0.2) is 9.50 Å². The first-order chi connectivity index (χ1) is 15.1. The number of methoxy groups -OCH3 is 1. The highest BCUT2D eigenvalue weighted by Gasteiger charge is 2.24. The largest absolute Gasteiger partial charge is 0.496 e. The molecular formula is C21H19ClN6O3. The van der Waals surface area contributed by atoms with Crippen molar-refractivity contribution in [2.24, 2.45) is 0 Å². The first-order valence-corrected chi connectivity index (χ1v) is 10.1. The second-order valence-corrected chi connectivity index (χ2v) is 7.57. The Balaban J connectivity index is 1.57. The number of nitrogens with one attached hydrogen (secondary N) is 1. The molecule has 4 heterocycles. The number of ether oxygens (including phenoxy) is 2. The number of rotatable bonds is 5. The summed E-state index contributed by atoms with van der Waals surface area (Å²) in [6.07, 6.45) is 7.51. The number of amides is 1. The van der Waals surface area contributed by atoms with Gasteiger partial charge in [-0.2, -0.15) is 10.2 Å². The van der Waals surface area contributed by atoms with Crippen LogP contribution in [0.25, 0.3) is 16.9 Å². The molecule has 1 amide bonds. The fourth-order valence-electron chi connectivity index (χ4n) is 3.64. The minimum absolute atomic E-state index is 0.0909. The van der Waals surface area contributed by atoms with E-state index in [1.165, 1.54) is 6.20 Å². The summed E-state index contributed by atoms with van der Waals surface area (Å²) >= 11 is 6.25. The number of hydrogen-bond donors (Lipinski definition) is 1. The summed E-state index contributed by atoms with van der Waals surface area (Å²) in [6, 6.07) is 7.13. The number of carbonyl (C=O) groups excluding carboxylic acids is 1. The van der Waals surface area contributed by atoms with Crippen molar-refractivity contribution in [3.05, 3.63) is 59.6 Å². The molecule has 0 bridgehead atoms. The van der Waals surface area contributed by atoms with Crippen LogP contribution in [0.3, 0.4) is 0 Å². The standard InChI is InChI=1S/C21H19ClN6O3/c1-30-18-4-3-13(22)9-15(18)19-17(11-28(26-19)14-5-8-31-12-14)25-21(29)16-10-24-27-7-2-6-23-20(16)27/h2-4,6-7,9-11,14H,5,8,12H2,1H3,(H,25,29). The van der Waals surface area contributed by atoms with E-state index in [1.807, 2.05) is 10.9 Å². The number of benzene rings is 1. The molecule has 9 nitrogen and oxygen atoms in total. The molecule has 0 radical (unpaired) electrons. The topological polar surface area (TPSA) is 95.6 Å². The van der Waals surface area contributed by atoms with Crippen LogP contribution in [0, 0.1) is 0 Å². The molecule has 1 aliphatic heterocycles. The maximum Gasteiger partial charge on any atom is 0.261 e. The van der Waals surface area contributed by atoms with Gasteiger partial charge in [0.05, 0.1) is 31.6 Å². The first kappa shape index (κ1) is 19.5. The third-order valence-corrected chi connectivity index (χ3v) is 5.44. The quantitative estimate of drug-likeness (QED) is 0.512. The maximum atomic E-state index is 13.1. The summed E-state index contributed by atoms with van der Waals surface area (Å²) in [5.41, 5.74) is 2.61. The Morgan fingerprint density at radius 3 is 3.10 bits per heavy atom. The minimum Gasteiger partial charge on any atom is -0.496 e. The lowest BCUT2D eigenvalue weighted by Gasteiger charge is -2.09. The molecule has 10 heteroatoms. The predicted octanol–water partition coefficient (Wildman–Crippen LogP) is 3.47. The number of aromatic nitrogens is 5. The SMILES string of the molecule is COc1ccc(Cl)cc1-c1nn(C2CCOC2)cc1NC(=O)c1cnn2cccnc12. The molecule has 1 saturated heterocycles. The molecule has 1 atom stereocenters. The molecule has 4 aromatic rings. The smallest absolute Gasteiger partial charge is 0.261 e. The van der Waals surface area contributed by atoms with E-state index in [4.69, 9.17) is 26.2 Å². The molecule has 1 aromatic carbocycles. The van der Waals surface area contributed by atoms with Gasteiger partial charge in [0.25, 0.3) is 5.91 Å². The molecule has 0 aliphatic carbocycles. The third-order valence-electron chi connectivity index (χ3n) is 5.20. The van der Waals surface area contributed by atoms with Gasteiger partial charge in [0, 0.05) is 35.8 Å². The van der Waals surface area contributed by atoms with Crippen LogP contribution >= 0.6 is 11.6 Å². The van der Waals surface area contributed by atoms with Crippen molar-refractivity contribution in [3.8, 4) is 17.0 Å². The third kappa shape index (κ3) is 3.62. The van der Waals surface area contributed by atoms with E-state index in [-0.39, 0.29) is 11.9 Å². The van der Waals surface area contributed by atoms with Gasteiger partial charge in [0.15, 0.2) is 5.65 Å². The number of hydrogen-bond acceptors (Lipinski definition) is 6. The second-order valence-electron chi connectivity index (χ2n) is 7.13. The van der Waals surface area contributed by atoms with Crippen molar-refractivity contribution in [2.45, 2.75) is 12.5 Å². The highest BCUT2D eigenvalue weighted by molar-refractivity contribution is 6.31. The van der Waals surface area contributed by atoms with E-state index >= 15 is 0 Å². The molecule has 3 aromatic heterocycles. The fourth-order valence-corrected chi connectivity index (χ4v) is 3.81. The lowest BCUT2D eigenvalue weighted by atomic mass is 10.1. The Labute approximate surface area is 182 Å². The summed E-state index contributed by atoms with van der Waals surface area (Å²) in [5.74, 6) is 0.267. The normalized spacial score (nSPS) is 16.0. The van der Waals surface area contributed by atoms with Crippen LogP contribution in [0.2, 0.25) is 5.02 Å². The molecule has 1 N–H and O–H groups in total. The molecular weight excluding hydrogens is 420 g/mol. The Bertz CT molecular complexity index is 1260. The second kappa shape index (κ2) is 8.01. The van der Waals surface area contributed by atoms with Crippen molar-refractivity contribution < 1.29 is 14.3 Å². The van der Waals surface area contributed by atoms with Crippen LogP contribution in [0.15, 0.2) is 49.1 Å². The summed E-state index contributed by atoms with van der Waals surface area (Å²) in [7, 11) is 1.58. The molecule has 0 spiro atoms. The number of carbonyl (C=O) groups is 1. The zero-order valence-electron chi connectivity index (χ0n) is 16.7. The van der Waals surface area contributed by atoms with Gasteiger partial charge in [-0.3, -0.25) is 9.48 Å². The van der Waals surface area contributed by atoms with Gasteiger partial charge in [-0.05, 0) is 30.7 Å². The zero-order valence-corrected chi connectivity index (χ0v) is 17.4. The summed E-state index contributed by atoms with van der Waals surface area (Å²) < 4.78 is 14.4. The maximum absolute atomic E-state index is 13.1. The van der Waals surface area contributed by atoms with Crippen molar-refractivity contribution >= 4 is 28.8 Å². The highest BCUT2D eigenvalue weighted by Crippen LogP contribution is 2.37. The first-order valence-electron chi connectivity index (χ1n) is 9.74. The van der Waals surface area contributed by atoms with Crippen LogP contribution in [0.4, 0.5) is 5.69 Å². The lowest BCUT2D eigenvalue weighted by molar-refractivity contribution is 0.102. The van der Waals surface area contributed by atoms with Crippen molar-refractivity contribution in [1.82, 2.24) is 24.4 Å². The van der Waals surface area contributed by atoms with Crippen molar-refractivity contribution in [2.75, 3.05) is 25.6 Å². The van der Waals surface area contributed by atoms with Gasteiger partial charge < -0.3 is 14.8 Å². The van der Waals surface area contributed by atoms with Crippen LogP contribution in [-0.2, 0) is 4.74 Å². The highest BCUT2D eigenvalue weighted by atomic mass is 35.5. The summed E-state index contributed by atoms with van der Waals surface area (Å²) in [5, 5.41) is 12.4. The Kier molecular flexibility index (Phi) is 5.05. The molecule has 1 unspecified atom stereocenters. The van der Waals surface area contributed by atoms with Crippen molar-refractivity contribution in [3.63, 3.8) is 0 Å². The number of fused-ring (bicyclic) bond motifs is 1. The number of anilines is 1. The van der Waals surface area contributed by atoms with Gasteiger partial charge in [-0.1, -0.05) is 11.6 Å². The molecule has 1 fully saturated rings. The van der Waals surface area contributed by atoms with Crippen LogP contribution < -0.4 is 10.1 Å². The lowest BCUT2D eigenvalue weighted by Crippen LogP contribution is -2.12. The Morgan fingerprint density at radius 2 is 2.29 bits per heavy atom. The zero-order chi connectivity index (χ0) is 21.4. The van der Waals surface area contributed by atoms with Crippen LogP contribution in [0.5, 0.6) is 5.75 Å². The van der Waals surface area contributed by atoms with Gasteiger partial charge >= 0.3 is 0 Å². The van der Waals surface area contributed by atoms with E-state index in [0.29, 0.717) is 52.1 Å². The van der Waals surface area contributed by atoms with E-state index in [1.54, 1.807) is 48.3 Å². The molecule has 0 saturated carbocycles. The monoisotopic (exact) mass is 438 g/mol. The van der Waals surface area contributed by atoms with Gasteiger partial charge in [0.2, 0.25) is 0 Å². The van der Waals surface area contributed by atoms with E-state index in [0.717, 1.165) is 6.42 Å². The molecule has 31 heavy (non-hydrogen) atoms. The minimum atomic E-state index is -0.335. The van der Waals surface area contributed by atoms with Gasteiger partial charge in [0.1, 0.15) is 17.0 Å². The average Bonchev–Trinajstić information content (AvgIpc) is 3.53. The molecule has 158 valence electrons. The molecule has 5 rings (SSSR count). The number of nitrogens with zero attached hydrogens (tertiary/aromatic N) is 5. The summed E-state index contributed by atoms with van der Waals surface area (Å²) in [6.45, 7) is 1.25. The Morgan fingerprint density at radius 1 is 1.39 bits per heavy atom. The number of halogens is 1. The summed E-state index contributed by atoms with van der Waals surface area (Å²) in [4.78, 5) is 17.4. The van der Waals surface area contributed by atoms with E-state index in [2.05, 4.69) is 15.4 Å².